The topological polar surface area (TPSA) is 61.3 Å². The van der Waals surface area contributed by atoms with Gasteiger partial charge in [0.2, 0.25) is 5.88 Å². The molecule has 0 unspecified atom stereocenters. The normalized spacial score (nSPS) is 32.1. The lowest BCUT2D eigenvalue weighted by atomic mass is 9.35. The van der Waals surface area contributed by atoms with Crippen LogP contribution < -0.4 is 4.74 Å². The number of esters is 1. The number of carbonyl (C=O) groups is 1. The van der Waals surface area contributed by atoms with Gasteiger partial charge in [0.05, 0.1) is 19.1 Å². The van der Waals surface area contributed by atoms with Gasteiger partial charge in [-0.05, 0) is 35.2 Å². The van der Waals surface area contributed by atoms with Gasteiger partial charge in [0.1, 0.15) is 10.9 Å². The van der Waals surface area contributed by atoms with Crippen LogP contribution in [-0.4, -0.2) is 29.7 Å². The van der Waals surface area contributed by atoms with Gasteiger partial charge in [-0.25, -0.2) is 9.97 Å². The minimum atomic E-state index is -0.204. The highest BCUT2D eigenvalue weighted by Crippen LogP contribution is 2.73. The summed E-state index contributed by atoms with van der Waals surface area (Å²) in [4.78, 5) is 19.5. The maximum atomic E-state index is 11.5. The maximum absolute atomic E-state index is 11.5. The van der Waals surface area contributed by atoms with Crippen LogP contribution in [0.5, 0.6) is 5.88 Å². The van der Waals surface area contributed by atoms with Crippen LogP contribution >= 0.6 is 15.9 Å². The number of halogens is 1. The Morgan fingerprint density at radius 3 is 2.78 bits per heavy atom. The van der Waals surface area contributed by atoms with Crippen LogP contribution in [-0.2, 0) is 9.53 Å². The summed E-state index contributed by atoms with van der Waals surface area (Å²) in [5.74, 6) is 0.489. The van der Waals surface area contributed by atoms with Gasteiger partial charge < -0.3 is 9.47 Å². The Morgan fingerprint density at radius 1 is 1.44 bits per heavy atom. The minimum absolute atomic E-state index is 0.0749. The molecular formula is C12H13BrN2O3. The molecule has 3 aliphatic carbocycles. The number of hydrogen-bond acceptors (Lipinski definition) is 5. The standard InChI is InChI=1S/C12H13BrN2O3/c1-17-10(16)12-3-11(4-12,5-12)6-18-9-2-8(13)14-7-15-9/h2,7H,3-6H2,1H3. The molecule has 0 spiro atoms. The summed E-state index contributed by atoms with van der Waals surface area (Å²) in [6, 6.07) is 1.74. The van der Waals surface area contributed by atoms with Crippen LogP contribution in [0.4, 0.5) is 0 Å². The average Bonchev–Trinajstić information content (AvgIpc) is 2.25. The Morgan fingerprint density at radius 2 is 2.17 bits per heavy atom. The number of rotatable bonds is 4. The molecule has 0 amide bonds. The first-order valence-corrected chi connectivity index (χ1v) is 6.56. The summed E-state index contributed by atoms with van der Waals surface area (Å²) < 4.78 is 11.2. The molecule has 0 saturated heterocycles. The third-order valence-corrected chi connectivity index (χ3v) is 4.33. The second-order valence-electron chi connectivity index (χ2n) is 5.27. The lowest BCUT2D eigenvalue weighted by Crippen LogP contribution is -2.67. The molecule has 1 aromatic rings. The lowest BCUT2D eigenvalue weighted by Gasteiger charge is -2.67. The summed E-state index contributed by atoms with van der Waals surface area (Å²) in [6.45, 7) is 0.606. The van der Waals surface area contributed by atoms with Crippen LogP contribution in [0.1, 0.15) is 19.3 Å². The average molecular weight is 313 g/mol. The molecular weight excluding hydrogens is 300 g/mol. The summed E-state index contributed by atoms with van der Waals surface area (Å²) in [6.07, 6.45) is 4.08. The fourth-order valence-corrected chi connectivity index (χ4v) is 3.49. The Labute approximate surface area is 113 Å². The van der Waals surface area contributed by atoms with E-state index in [-0.39, 0.29) is 16.8 Å². The molecule has 5 nitrogen and oxygen atoms in total. The molecule has 3 saturated carbocycles. The van der Waals surface area contributed by atoms with Gasteiger partial charge in [0.15, 0.2) is 0 Å². The molecule has 0 atom stereocenters. The van der Waals surface area contributed by atoms with Gasteiger partial charge in [-0.3, -0.25) is 4.79 Å². The second-order valence-corrected chi connectivity index (χ2v) is 6.08. The number of ether oxygens (including phenoxy) is 2. The smallest absolute Gasteiger partial charge is 0.311 e. The van der Waals surface area contributed by atoms with E-state index in [2.05, 4.69) is 25.9 Å². The first-order valence-electron chi connectivity index (χ1n) is 5.76. The van der Waals surface area contributed by atoms with Crippen molar-refractivity contribution < 1.29 is 14.3 Å². The highest BCUT2D eigenvalue weighted by molar-refractivity contribution is 9.10. The Kier molecular flexibility index (Phi) is 2.59. The zero-order valence-corrected chi connectivity index (χ0v) is 11.6. The van der Waals surface area contributed by atoms with E-state index in [1.54, 1.807) is 6.07 Å². The van der Waals surface area contributed by atoms with Crippen molar-refractivity contribution in [2.24, 2.45) is 10.8 Å². The van der Waals surface area contributed by atoms with Crippen LogP contribution in [0.15, 0.2) is 17.0 Å². The van der Waals surface area contributed by atoms with Gasteiger partial charge in [-0.15, -0.1) is 0 Å². The predicted octanol–water partition coefficient (Wildman–Crippen LogP) is 1.96. The van der Waals surface area contributed by atoms with E-state index in [9.17, 15) is 4.79 Å². The minimum Gasteiger partial charge on any atom is -0.477 e. The fourth-order valence-electron chi connectivity index (χ4n) is 3.21. The van der Waals surface area contributed by atoms with Gasteiger partial charge in [-0.1, -0.05) is 0 Å². The van der Waals surface area contributed by atoms with Gasteiger partial charge >= 0.3 is 5.97 Å². The van der Waals surface area contributed by atoms with Gasteiger partial charge in [0.25, 0.3) is 0 Å². The van der Waals surface area contributed by atoms with Crippen molar-refractivity contribution >= 4 is 21.9 Å². The number of hydrogen-bond donors (Lipinski definition) is 0. The Hall–Kier alpha value is -1.17. The van der Waals surface area contributed by atoms with Crippen LogP contribution in [0.25, 0.3) is 0 Å². The number of methoxy groups -OCH3 is 1. The van der Waals surface area contributed by atoms with Crippen molar-refractivity contribution in [3.05, 3.63) is 17.0 Å². The zero-order valence-electron chi connectivity index (χ0n) is 9.98. The SMILES string of the molecule is COC(=O)C12CC(COc3cc(Br)ncn3)(C1)C2. The van der Waals surface area contributed by atoms with E-state index < -0.39 is 0 Å². The van der Waals surface area contributed by atoms with Crippen LogP contribution in [0.2, 0.25) is 0 Å². The summed E-state index contributed by atoms with van der Waals surface area (Å²) in [5, 5.41) is 0. The molecule has 0 aromatic carbocycles. The molecule has 18 heavy (non-hydrogen) atoms. The first kappa shape index (κ1) is 11.9. The second kappa shape index (κ2) is 3.91. The van der Waals surface area contributed by atoms with Crippen molar-refractivity contribution in [2.75, 3.05) is 13.7 Å². The van der Waals surface area contributed by atoms with E-state index >= 15 is 0 Å². The van der Waals surface area contributed by atoms with Crippen molar-refractivity contribution in [1.29, 1.82) is 0 Å². The molecule has 1 aromatic heterocycles. The van der Waals surface area contributed by atoms with E-state index in [0.29, 0.717) is 17.1 Å². The third-order valence-electron chi connectivity index (χ3n) is 3.89. The molecule has 0 radical (unpaired) electrons. The monoisotopic (exact) mass is 312 g/mol. The van der Waals surface area contributed by atoms with E-state index in [4.69, 9.17) is 9.47 Å². The lowest BCUT2D eigenvalue weighted by molar-refractivity contribution is -0.233. The van der Waals surface area contributed by atoms with Crippen molar-refractivity contribution in [3.63, 3.8) is 0 Å². The molecule has 6 heteroatoms. The highest BCUT2D eigenvalue weighted by atomic mass is 79.9. The van der Waals surface area contributed by atoms with E-state index in [1.807, 2.05) is 0 Å². The molecule has 0 aliphatic heterocycles. The van der Waals surface area contributed by atoms with E-state index in [1.165, 1.54) is 13.4 Å². The molecule has 0 N–H and O–H groups in total. The summed E-state index contributed by atoms with van der Waals surface area (Å²) >= 11 is 3.27. The molecule has 1 heterocycles. The highest BCUT2D eigenvalue weighted by Gasteiger charge is 2.72. The van der Waals surface area contributed by atoms with Crippen molar-refractivity contribution in [3.8, 4) is 5.88 Å². The van der Waals surface area contributed by atoms with Gasteiger partial charge in [-0.2, -0.15) is 0 Å². The van der Waals surface area contributed by atoms with E-state index in [0.717, 1.165) is 19.3 Å². The van der Waals surface area contributed by atoms with Crippen LogP contribution in [0, 0.1) is 10.8 Å². The number of carbonyl (C=O) groups excluding carboxylic acids is 1. The largest absolute Gasteiger partial charge is 0.477 e. The van der Waals surface area contributed by atoms with Gasteiger partial charge in [0, 0.05) is 11.5 Å². The Balaban J connectivity index is 1.54. The van der Waals surface area contributed by atoms with Crippen LogP contribution in [0.3, 0.4) is 0 Å². The number of aromatic nitrogens is 2. The summed E-state index contributed by atoms with van der Waals surface area (Å²) in [7, 11) is 1.45. The molecule has 96 valence electrons. The van der Waals surface area contributed by atoms with Crippen molar-refractivity contribution in [1.82, 2.24) is 9.97 Å². The molecule has 2 bridgehead atoms. The maximum Gasteiger partial charge on any atom is 0.311 e. The molecule has 4 rings (SSSR count). The summed E-state index contributed by atoms with van der Waals surface area (Å²) in [5.41, 5.74) is -0.0457. The quantitative estimate of drug-likeness (QED) is 0.628. The molecule has 3 fully saturated rings. The van der Waals surface area contributed by atoms with Crippen molar-refractivity contribution in [2.45, 2.75) is 19.3 Å². The Bertz CT molecular complexity index is 486. The zero-order chi connectivity index (χ0) is 12.8. The first-order chi connectivity index (χ1) is 8.57. The molecule has 3 aliphatic rings. The number of nitrogens with zero attached hydrogens (tertiary/aromatic N) is 2. The predicted molar refractivity (Wildman–Crippen MR) is 66.0 cm³/mol. The third kappa shape index (κ3) is 1.70. The fraction of sp³-hybridized carbons (Fsp3) is 0.583.